The smallest absolute Gasteiger partial charge is 0.308 e. The lowest BCUT2D eigenvalue weighted by Gasteiger charge is -2.39. The molecule has 0 aliphatic heterocycles. The third-order valence-corrected chi connectivity index (χ3v) is 3.46. The lowest BCUT2D eigenvalue weighted by molar-refractivity contribution is -0.246. The molecule has 5 nitrogen and oxygen atoms in total. The summed E-state index contributed by atoms with van der Waals surface area (Å²) in [5.41, 5.74) is -0.515. The van der Waals surface area contributed by atoms with Crippen LogP contribution in [0.5, 0.6) is 0 Å². The van der Waals surface area contributed by atoms with Gasteiger partial charge in [0.05, 0.1) is 0 Å². The first-order valence-electron chi connectivity index (χ1n) is 6.78. The van der Waals surface area contributed by atoms with Gasteiger partial charge in [-0.3, -0.25) is 9.59 Å². The first-order valence-corrected chi connectivity index (χ1v) is 6.78. The predicted molar refractivity (Wildman–Crippen MR) is 71.5 cm³/mol. The minimum absolute atomic E-state index is 0.0466. The highest BCUT2D eigenvalue weighted by atomic mass is 16.7. The number of hydrogen-bond acceptors (Lipinski definition) is 4. The molecule has 5 heteroatoms. The number of carbonyl (C=O) groups is 2. The van der Waals surface area contributed by atoms with Gasteiger partial charge in [-0.1, -0.05) is 27.2 Å². The van der Waals surface area contributed by atoms with Crippen molar-refractivity contribution in [3.63, 3.8) is 0 Å². The molecule has 19 heavy (non-hydrogen) atoms. The van der Waals surface area contributed by atoms with Gasteiger partial charge in [-0.05, 0) is 19.3 Å². The van der Waals surface area contributed by atoms with Crippen molar-refractivity contribution in [3.8, 4) is 0 Å². The van der Waals surface area contributed by atoms with E-state index in [1.807, 2.05) is 20.8 Å². The third-order valence-electron chi connectivity index (χ3n) is 3.46. The Morgan fingerprint density at radius 2 is 1.63 bits per heavy atom. The van der Waals surface area contributed by atoms with Crippen LogP contribution in [0.4, 0.5) is 0 Å². The van der Waals surface area contributed by atoms with Crippen LogP contribution in [0, 0.1) is 5.41 Å². The van der Waals surface area contributed by atoms with Crippen molar-refractivity contribution >= 4 is 11.9 Å². The predicted octanol–water partition coefficient (Wildman–Crippen LogP) is 2.71. The Balaban J connectivity index is 4.19. The zero-order valence-corrected chi connectivity index (χ0v) is 12.4. The average molecular weight is 274 g/mol. The summed E-state index contributed by atoms with van der Waals surface area (Å²) in [6.07, 6.45) is 2.70. The number of ether oxygens (including phenoxy) is 1. The van der Waals surface area contributed by atoms with Gasteiger partial charge < -0.3 is 14.9 Å². The van der Waals surface area contributed by atoms with Crippen molar-refractivity contribution in [2.24, 2.45) is 5.41 Å². The fourth-order valence-corrected chi connectivity index (χ4v) is 1.81. The van der Waals surface area contributed by atoms with Gasteiger partial charge in [0.25, 0.3) is 0 Å². The first-order chi connectivity index (χ1) is 8.62. The maximum absolute atomic E-state index is 11.6. The average Bonchev–Trinajstić information content (AvgIpc) is 2.23. The molecule has 0 saturated heterocycles. The van der Waals surface area contributed by atoms with E-state index in [9.17, 15) is 14.7 Å². The van der Waals surface area contributed by atoms with Crippen LogP contribution in [0.1, 0.15) is 66.2 Å². The van der Waals surface area contributed by atoms with E-state index in [0.29, 0.717) is 12.8 Å². The first kappa shape index (κ1) is 17.9. The summed E-state index contributed by atoms with van der Waals surface area (Å²) < 4.78 is 5.13. The molecule has 0 amide bonds. The summed E-state index contributed by atoms with van der Waals surface area (Å²) in [5.74, 6) is -2.86. The molecule has 0 fully saturated rings. The van der Waals surface area contributed by atoms with Crippen molar-refractivity contribution in [2.45, 2.75) is 72.0 Å². The molecule has 0 aromatic carbocycles. The van der Waals surface area contributed by atoms with E-state index in [1.54, 1.807) is 0 Å². The third kappa shape index (κ3) is 6.57. The number of esters is 1. The van der Waals surface area contributed by atoms with E-state index >= 15 is 0 Å². The molecule has 0 heterocycles. The molecule has 1 atom stereocenters. The molecule has 0 aliphatic rings. The Morgan fingerprint density at radius 1 is 1.11 bits per heavy atom. The Labute approximate surface area is 115 Å². The molecule has 0 aliphatic carbocycles. The number of carboxylic acids is 1. The maximum Gasteiger partial charge on any atom is 0.308 e. The summed E-state index contributed by atoms with van der Waals surface area (Å²) in [4.78, 5) is 21.9. The molecule has 0 aromatic rings. The van der Waals surface area contributed by atoms with E-state index in [1.165, 1.54) is 6.92 Å². The Morgan fingerprint density at radius 3 is 2.11 bits per heavy atom. The lowest BCUT2D eigenvalue weighted by atomic mass is 9.80. The molecule has 0 rings (SSSR count). The van der Waals surface area contributed by atoms with Crippen molar-refractivity contribution in [2.75, 3.05) is 0 Å². The summed E-state index contributed by atoms with van der Waals surface area (Å²) >= 11 is 0. The van der Waals surface area contributed by atoms with E-state index in [2.05, 4.69) is 0 Å². The molecular formula is C14H26O5. The normalized spacial score (nSPS) is 14.8. The molecule has 112 valence electrons. The fourth-order valence-electron chi connectivity index (χ4n) is 1.81. The summed E-state index contributed by atoms with van der Waals surface area (Å²) in [5, 5.41) is 18.7. The van der Waals surface area contributed by atoms with Gasteiger partial charge in [-0.15, -0.1) is 0 Å². The minimum atomic E-state index is -1.51. The molecular weight excluding hydrogens is 248 g/mol. The van der Waals surface area contributed by atoms with Crippen molar-refractivity contribution in [1.82, 2.24) is 0 Å². The Hall–Kier alpha value is -1.10. The van der Waals surface area contributed by atoms with Gasteiger partial charge in [0.15, 0.2) is 0 Å². The van der Waals surface area contributed by atoms with E-state index in [-0.39, 0.29) is 12.8 Å². The van der Waals surface area contributed by atoms with Crippen LogP contribution in [-0.2, 0) is 14.3 Å². The molecule has 1 unspecified atom stereocenters. The largest absolute Gasteiger partial charge is 0.481 e. The van der Waals surface area contributed by atoms with Gasteiger partial charge in [-0.2, -0.15) is 0 Å². The summed E-state index contributed by atoms with van der Waals surface area (Å²) in [6.45, 7) is 7.21. The molecule has 2 N–H and O–H groups in total. The van der Waals surface area contributed by atoms with Gasteiger partial charge >= 0.3 is 11.9 Å². The van der Waals surface area contributed by atoms with E-state index < -0.39 is 23.1 Å². The van der Waals surface area contributed by atoms with E-state index in [4.69, 9.17) is 9.84 Å². The maximum atomic E-state index is 11.6. The second-order valence-corrected chi connectivity index (χ2v) is 5.69. The summed E-state index contributed by atoms with van der Waals surface area (Å²) in [7, 11) is 0. The zero-order valence-electron chi connectivity index (χ0n) is 12.4. The molecule has 0 bridgehead atoms. The van der Waals surface area contributed by atoms with Crippen LogP contribution in [-0.4, -0.2) is 27.9 Å². The van der Waals surface area contributed by atoms with Crippen LogP contribution < -0.4 is 0 Å². The molecule has 0 spiro atoms. The summed E-state index contributed by atoms with van der Waals surface area (Å²) in [6, 6.07) is 0. The van der Waals surface area contributed by atoms with Crippen molar-refractivity contribution < 1.29 is 24.5 Å². The van der Waals surface area contributed by atoms with Crippen molar-refractivity contribution in [1.29, 1.82) is 0 Å². The van der Waals surface area contributed by atoms with Gasteiger partial charge in [0.2, 0.25) is 5.79 Å². The van der Waals surface area contributed by atoms with E-state index in [0.717, 1.165) is 12.8 Å². The number of carboxylic acid groups (broad SMARTS) is 1. The van der Waals surface area contributed by atoms with Crippen LogP contribution in [0.25, 0.3) is 0 Å². The number of carbonyl (C=O) groups excluding carboxylic acids is 1. The number of hydrogen-bond donors (Lipinski definition) is 2. The number of aliphatic carboxylic acids is 1. The monoisotopic (exact) mass is 274 g/mol. The fraction of sp³-hybridized carbons (Fsp3) is 0.857. The van der Waals surface area contributed by atoms with Gasteiger partial charge in [0.1, 0.15) is 0 Å². The molecule has 0 saturated carbocycles. The number of aliphatic hydroxyl groups is 1. The Bertz CT molecular complexity index is 307. The van der Waals surface area contributed by atoms with Crippen LogP contribution in [0.3, 0.4) is 0 Å². The van der Waals surface area contributed by atoms with Crippen LogP contribution >= 0.6 is 0 Å². The minimum Gasteiger partial charge on any atom is -0.481 e. The standard InChI is InChI=1S/C14H26O5/c1-5-10-13(2,3)14(4,18)19-12(17)9-7-6-8-11(15)16/h18H,5-10H2,1-4H3,(H,15,16). The van der Waals surface area contributed by atoms with Gasteiger partial charge in [-0.25, -0.2) is 0 Å². The van der Waals surface area contributed by atoms with Crippen molar-refractivity contribution in [3.05, 3.63) is 0 Å². The SMILES string of the molecule is CCCC(C)(C)C(C)(O)OC(=O)CCCCC(=O)O. The second-order valence-electron chi connectivity index (χ2n) is 5.69. The zero-order chi connectivity index (χ0) is 15.1. The lowest BCUT2D eigenvalue weighted by Crippen LogP contribution is -2.45. The quantitative estimate of drug-likeness (QED) is 0.383. The highest BCUT2D eigenvalue weighted by molar-refractivity contribution is 5.70. The molecule has 0 aromatic heterocycles. The number of unbranched alkanes of at least 4 members (excludes halogenated alkanes) is 1. The second kappa shape index (κ2) is 7.48. The van der Waals surface area contributed by atoms with Crippen LogP contribution in [0.2, 0.25) is 0 Å². The van der Waals surface area contributed by atoms with Crippen LogP contribution in [0.15, 0.2) is 0 Å². The Kier molecular flexibility index (Phi) is 7.05. The number of rotatable bonds is 9. The molecule has 0 radical (unpaired) electrons. The topological polar surface area (TPSA) is 83.8 Å². The highest BCUT2D eigenvalue weighted by Gasteiger charge is 2.42. The highest BCUT2D eigenvalue weighted by Crippen LogP contribution is 2.36. The van der Waals surface area contributed by atoms with Gasteiger partial charge in [0, 0.05) is 25.2 Å².